The first-order valence-electron chi connectivity index (χ1n) is 11.3. The zero-order valence-corrected chi connectivity index (χ0v) is 20.2. The lowest BCUT2D eigenvalue weighted by atomic mass is 9.89. The van der Waals surface area contributed by atoms with Crippen molar-refractivity contribution in [3.05, 3.63) is 71.3 Å². The maximum Gasteiger partial charge on any atom is 0.168 e. The van der Waals surface area contributed by atoms with E-state index >= 15 is 0 Å². The quantitative estimate of drug-likeness (QED) is 0.530. The Bertz CT molecular complexity index is 1110. The molecule has 4 rings (SSSR count). The Morgan fingerprint density at radius 3 is 2.30 bits per heavy atom. The fraction of sp³-hybridized carbons (Fsp3) is 0.357. The number of ether oxygens (including phenoxy) is 4. The molecule has 33 heavy (non-hydrogen) atoms. The molecule has 3 aromatic carbocycles. The molecule has 0 radical (unpaired) electrons. The monoisotopic (exact) mass is 447 g/mol. The predicted octanol–water partition coefficient (Wildman–Crippen LogP) is 5.03. The predicted molar refractivity (Wildman–Crippen MR) is 132 cm³/mol. The highest BCUT2D eigenvalue weighted by molar-refractivity contribution is 5.80. The average Bonchev–Trinajstić information content (AvgIpc) is 2.91. The third-order valence-electron chi connectivity index (χ3n) is 6.64. The number of rotatable bonds is 6. The summed E-state index contributed by atoms with van der Waals surface area (Å²) in [5.41, 5.74) is 6.03. The Balaban J connectivity index is 1.84. The third-order valence-corrected chi connectivity index (χ3v) is 6.64. The van der Waals surface area contributed by atoms with Gasteiger partial charge in [-0.3, -0.25) is 0 Å². The SMILES string of the molecule is COc1cccc(CC2Cc3ccc(OC)c(OC)c3-c3cc(OC)ccc3CCN2C)c1. The van der Waals surface area contributed by atoms with E-state index in [0.717, 1.165) is 59.9 Å². The topological polar surface area (TPSA) is 40.2 Å². The smallest absolute Gasteiger partial charge is 0.168 e. The molecule has 5 nitrogen and oxygen atoms in total. The first-order valence-corrected chi connectivity index (χ1v) is 11.3. The lowest BCUT2D eigenvalue weighted by molar-refractivity contribution is 0.241. The summed E-state index contributed by atoms with van der Waals surface area (Å²) < 4.78 is 22.6. The molecule has 1 aliphatic heterocycles. The van der Waals surface area contributed by atoms with Crippen molar-refractivity contribution in [3.8, 4) is 34.1 Å². The second-order valence-corrected chi connectivity index (χ2v) is 8.50. The summed E-state index contributed by atoms with van der Waals surface area (Å²) in [6, 6.07) is 19.2. The first-order chi connectivity index (χ1) is 16.1. The fourth-order valence-corrected chi connectivity index (χ4v) is 4.75. The van der Waals surface area contributed by atoms with E-state index in [1.807, 2.05) is 18.2 Å². The maximum absolute atomic E-state index is 5.92. The van der Waals surface area contributed by atoms with E-state index < -0.39 is 0 Å². The molecule has 1 atom stereocenters. The summed E-state index contributed by atoms with van der Waals surface area (Å²) in [6.07, 6.45) is 2.76. The van der Waals surface area contributed by atoms with Crippen LogP contribution in [0, 0.1) is 0 Å². The number of hydrogen-bond donors (Lipinski definition) is 0. The van der Waals surface area contributed by atoms with Crippen molar-refractivity contribution in [2.24, 2.45) is 0 Å². The van der Waals surface area contributed by atoms with Crippen LogP contribution in [-0.4, -0.2) is 53.0 Å². The van der Waals surface area contributed by atoms with Crippen LogP contribution in [0.5, 0.6) is 23.0 Å². The molecule has 0 saturated heterocycles. The van der Waals surface area contributed by atoms with Crippen LogP contribution in [0.3, 0.4) is 0 Å². The van der Waals surface area contributed by atoms with E-state index in [1.54, 1.807) is 28.4 Å². The fourth-order valence-electron chi connectivity index (χ4n) is 4.75. The van der Waals surface area contributed by atoms with Gasteiger partial charge in [-0.05, 0) is 78.9 Å². The van der Waals surface area contributed by atoms with Gasteiger partial charge in [0.1, 0.15) is 11.5 Å². The molecule has 1 aliphatic rings. The second kappa shape index (κ2) is 10.2. The molecule has 0 aromatic heterocycles. The lowest BCUT2D eigenvalue weighted by Gasteiger charge is -2.28. The molecular weight excluding hydrogens is 414 g/mol. The Kier molecular flexibility index (Phi) is 7.09. The van der Waals surface area contributed by atoms with Gasteiger partial charge in [0.15, 0.2) is 11.5 Å². The van der Waals surface area contributed by atoms with Gasteiger partial charge in [-0.15, -0.1) is 0 Å². The second-order valence-electron chi connectivity index (χ2n) is 8.50. The van der Waals surface area contributed by atoms with E-state index in [4.69, 9.17) is 18.9 Å². The summed E-state index contributed by atoms with van der Waals surface area (Å²) in [5.74, 6) is 3.24. The van der Waals surface area contributed by atoms with Crippen molar-refractivity contribution in [3.63, 3.8) is 0 Å². The number of fused-ring (bicyclic) bond motifs is 3. The van der Waals surface area contributed by atoms with Gasteiger partial charge in [-0.25, -0.2) is 0 Å². The normalized spacial score (nSPS) is 16.0. The van der Waals surface area contributed by atoms with Crippen LogP contribution in [0.2, 0.25) is 0 Å². The van der Waals surface area contributed by atoms with E-state index in [-0.39, 0.29) is 0 Å². The molecule has 0 spiro atoms. The number of nitrogens with zero attached hydrogens (tertiary/aromatic N) is 1. The summed E-state index contributed by atoms with van der Waals surface area (Å²) >= 11 is 0. The van der Waals surface area contributed by atoms with Crippen LogP contribution in [0.1, 0.15) is 16.7 Å². The van der Waals surface area contributed by atoms with Crippen molar-refractivity contribution in [1.82, 2.24) is 4.90 Å². The molecule has 0 amide bonds. The molecule has 0 fully saturated rings. The standard InChI is InChI=1S/C28H33NO4/c1-29-14-13-20-9-11-24(31-3)18-25(20)27-21(10-12-26(32-4)28(27)33-5)17-22(29)15-19-7-6-8-23(16-19)30-2/h6-12,16,18,22H,13-15,17H2,1-5H3. The van der Waals surface area contributed by atoms with Crippen molar-refractivity contribution in [1.29, 1.82) is 0 Å². The average molecular weight is 448 g/mol. The van der Waals surface area contributed by atoms with Crippen molar-refractivity contribution in [2.75, 3.05) is 42.0 Å². The van der Waals surface area contributed by atoms with Gasteiger partial charge in [0.05, 0.1) is 28.4 Å². The van der Waals surface area contributed by atoms with Crippen LogP contribution in [0.15, 0.2) is 54.6 Å². The minimum atomic E-state index is 0.324. The molecule has 3 aromatic rings. The number of methoxy groups -OCH3 is 4. The van der Waals surface area contributed by atoms with E-state index in [9.17, 15) is 0 Å². The Morgan fingerprint density at radius 1 is 0.818 bits per heavy atom. The first kappa shape index (κ1) is 23.0. The van der Waals surface area contributed by atoms with Gasteiger partial charge in [-0.2, -0.15) is 0 Å². The summed E-state index contributed by atoms with van der Waals surface area (Å²) in [7, 11) is 9.04. The number of benzene rings is 3. The summed E-state index contributed by atoms with van der Waals surface area (Å²) in [5, 5.41) is 0. The Morgan fingerprint density at radius 2 is 1.58 bits per heavy atom. The molecular formula is C28H33NO4. The van der Waals surface area contributed by atoms with E-state index in [2.05, 4.69) is 48.3 Å². The van der Waals surface area contributed by atoms with Crippen LogP contribution in [-0.2, 0) is 19.3 Å². The summed E-state index contributed by atoms with van der Waals surface area (Å²) in [4.78, 5) is 2.47. The molecule has 0 bridgehead atoms. The van der Waals surface area contributed by atoms with Gasteiger partial charge < -0.3 is 23.8 Å². The Labute approximate surface area is 196 Å². The zero-order chi connectivity index (χ0) is 23.4. The highest BCUT2D eigenvalue weighted by atomic mass is 16.5. The summed E-state index contributed by atoms with van der Waals surface area (Å²) in [6.45, 7) is 0.960. The molecule has 5 heteroatoms. The highest BCUT2D eigenvalue weighted by Crippen LogP contribution is 2.44. The van der Waals surface area contributed by atoms with Crippen molar-refractivity contribution < 1.29 is 18.9 Å². The van der Waals surface area contributed by atoms with Crippen LogP contribution in [0.25, 0.3) is 11.1 Å². The molecule has 0 N–H and O–H groups in total. The van der Waals surface area contributed by atoms with Gasteiger partial charge in [0.25, 0.3) is 0 Å². The number of likely N-dealkylation sites (N-methyl/N-ethyl adjacent to an activating group) is 1. The van der Waals surface area contributed by atoms with Crippen LogP contribution < -0.4 is 18.9 Å². The van der Waals surface area contributed by atoms with Crippen molar-refractivity contribution in [2.45, 2.75) is 25.3 Å². The van der Waals surface area contributed by atoms with E-state index in [0.29, 0.717) is 6.04 Å². The van der Waals surface area contributed by atoms with Crippen LogP contribution >= 0.6 is 0 Å². The zero-order valence-electron chi connectivity index (χ0n) is 20.2. The molecule has 1 unspecified atom stereocenters. The molecule has 0 saturated carbocycles. The molecule has 0 aliphatic carbocycles. The molecule has 1 heterocycles. The molecule has 174 valence electrons. The number of hydrogen-bond acceptors (Lipinski definition) is 5. The Hall–Kier alpha value is -3.18. The lowest BCUT2D eigenvalue weighted by Crippen LogP contribution is -2.36. The minimum absolute atomic E-state index is 0.324. The van der Waals surface area contributed by atoms with Crippen LogP contribution in [0.4, 0.5) is 0 Å². The minimum Gasteiger partial charge on any atom is -0.497 e. The van der Waals surface area contributed by atoms with Gasteiger partial charge in [-0.1, -0.05) is 24.3 Å². The maximum atomic E-state index is 5.92. The highest BCUT2D eigenvalue weighted by Gasteiger charge is 2.26. The van der Waals surface area contributed by atoms with Gasteiger partial charge in [0.2, 0.25) is 0 Å². The van der Waals surface area contributed by atoms with Gasteiger partial charge in [0, 0.05) is 18.2 Å². The largest absolute Gasteiger partial charge is 0.497 e. The van der Waals surface area contributed by atoms with Crippen molar-refractivity contribution >= 4 is 0 Å². The van der Waals surface area contributed by atoms with E-state index in [1.165, 1.54) is 16.7 Å². The van der Waals surface area contributed by atoms with Gasteiger partial charge >= 0.3 is 0 Å². The third kappa shape index (κ3) is 4.79.